The molecule has 2 nitrogen and oxygen atoms in total. The van der Waals surface area contributed by atoms with Crippen molar-refractivity contribution in [2.75, 3.05) is 0 Å². The van der Waals surface area contributed by atoms with E-state index in [1.807, 2.05) is 0 Å². The highest BCUT2D eigenvalue weighted by Gasteiger charge is 2.30. The van der Waals surface area contributed by atoms with Gasteiger partial charge >= 0.3 is 5.43 Å². The fourth-order valence-corrected chi connectivity index (χ4v) is 1.36. The van der Waals surface area contributed by atoms with Crippen LogP contribution >= 0.6 is 11.6 Å². The fourth-order valence-electron chi connectivity index (χ4n) is 1.24. The Bertz CT molecular complexity index is 130. The first-order chi connectivity index (χ1) is 4.72. The number of rotatable bonds is 2. The molecule has 1 rings (SSSR count). The molecule has 58 valence electrons. The summed E-state index contributed by atoms with van der Waals surface area (Å²) in [5.41, 5.74) is -0.667. The minimum absolute atomic E-state index is 0.106. The van der Waals surface area contributed by atoms with E-state index in [0.29, 0.717) is 0 Å². The minimum atomic E-state index is -0.667. The molecule has 0 bridgehead atoms. The van der Waals surface area contributed by atoms with Crippen molar-refractivity contribution in [2.24, 2.45) is 5.92 Å². The molecule has 3 heteroatoms. The van der Waals surface area contributed by atoms with E-state index in [-0.39, 0.29) is 6.10 Å². The molecule has 1 aliphatic rings. The van der Waals surface area contributed by atoms with Crippen molar-refractivity contribution in [3.05, 3.63) is 0 Å². The SMILES string of the molecule is CCC1CC(OC(=O)Cl)C1. The van der Waals surface area contributed by atoms with Gasteiger partial charge < -0.3 is 4.74 Å². The number of ether oxygens (including phenoxy) is 1. The lowest BCUT2D eigenvalue weighted by Crippen LogP contribution is -2.31. The van der Waals surface area contributed by atoms with Gasteiger partial charge in [-0.15, -0.1) is 0 Å². The Morgan fingerprint density at radius 1 is 1.70 bits per heavy atom. The van der Waals surface area contributed by atoms with E-state index in [0.717, 1.165) is 18.8 Å². The lowest BCUT2D eigenvalue weighted by atomic mass is 9.81. The van der Waals surface area contributed by atoms with Gasteiger partial charge in [0.2, 0.25) is 0 Å². The molecule has 0 amide bonds. The van der Waals surface area contributed by atoms with Crippen LogP contribution in [-0.4, -0.2) is 11.5 Å². The molecule has 0 atom stereocenters. The number of carbonyl (C=O) groups is 1. The quantitative estimate of drug-likeness (QED) is 0.584. The van der Waals surface area contributed by atoms with Crippen LogP contribution in [0.15, 0.2) is 0 Å². The summed E-state index contributed by atoms with van der Waals surface area (Å²) in [5.74, 6) is 0.751. The Kier molecular flexibility index (Phi) is 2.55. The molecule has 0 aromatic rings. The van der Waals surface area contributed by atoms with Crippen LogP contribution < -0.4 is 0 Å². The molecule has 10 heavy (non-hydrogen) atoms. The lowest BCUT2D eigenvalue weighted by molar-refractivity contribution is 0.0297. The summed E-state index contributed by atoms with van der Waals surface area (Å²) in [4.78, 5) is 10.2. The molecule has 0 aromatic carbocycles. The Morgan fingerprint density at radius 3 is 2.70 bits per heavy atom. The van der Waals surface area contributed by atoms with Crippen molar-refractivity contribution in [3.8, 4) is 0 Å². The van der Waals surface area contributed by atoms with Gasteiger partial charge in [0.05, 0.1) is 0 Å². The summed E-state index contributed by atoms with van der Waals surface area (Å²) in [7, 11) is 0. The summed E-state index contributed by atoms with van der Waals surface area (Å²) < 4.78 is 4.74. The van der Waals surface area contributed by atoms with E-state index in [1.54, 1.807) is 0 Å². The Labute approximate surface area is 65.5 Å². The topological polar surface area (TPSA) is 26.3 Å². The van der Waals surface area contributed by atoms with Gasteiger partial charge in [0, 0.05) is 11.6 Å². The van der Waals surface area contributed by atoms with E-state index in [9.17, 15) is 4.79 Å². The average molecular weight is 163 g/mol. The van der Waals surface area contributed by atoms with Crippen LogP contribution in [0.3, 0.4) is 0 Å². The van der Waals surface area contributed by atoms with Crippen LogP contribution in [0.1, 0.15) is 26.2 Å². The second-order valence-electron chi connectivity index (χ2n) is 2.72. The second kappa shape index (κ2) is 3.24. The molecule has 0 N–H and O–H groups in total. The summed E-state index contributed by atoms with van der Waals surface area (Å²) >= 11 is 5.02. The predicted molar refractivity (Wildman–Crippen MR) is 39.1 cm³/mol. The van der Waals surface area contributed by atoms with Gasteiger partial charge in [0.1, 0.15) is 6.10 Å². The zero-order valence-electron chi connectivity index (χ0n) is 5.97. The minimum Gasteiger partial charge on any atom is -0.450 e. The third kappa shape index (κ3) is 1.87. The summed E-state index contributed by atoms with van der Waals surface area (Å²) in [6.45, 7) is 2.14. The molecule has 0 aromatic heterocycles. The van der Waals surface area contributed by atoms with Crippen molar-refractivity contribution in [1.82, 2.24) is 0 Å². The predicted octanol–water partition coefficient (Wildman–Crippen LogP) is 2.55. The maximum atomic E-state index is 10.2. The van der Waals surface area contributed by atoms with Gasteiger partial charge in [0.25, 0.3) is 0 Å². The van der Waals surface area contributed by atoms with E-state index in [2.05, 4.69) is 6.92 Å². The molecular formula is C7H11ClO2. The maximum Gasteiger partial charge on any atom is 0.404 e. The highest BCUT2D eigenvalue weighted by atomic mass is 35.5. The summed E-state index contributed by atoms with van der Waals surface area (Å²) in [6.07, 6.45) is 3.27. The summed E-state index contributed by atoms with van der Waals surface area (Å²) in [6, 6.07) is 0. The first-order valence-electron chi connectivity index (χ1n) is 3.58. The van der Waals surface area contributed by atoms with Crippen molar-refractivity contribution in [2.45, 2.75) is 32.3 Å². The molecule has 1 fully saturated rings. The van der Waals surface area contributed by atoms with Gasteiger partial charge in [-0.05, 0) is 18.8 Å². The van der Waals surface area contributed by atoms with Gasteiger partial charge in [-0.2, -0.15) is 0 Å². The highest BCUT2D eigenvalue weighted by molar-refractivity contribution is 6.61. The fraction of sp³-hybridized carbons (Fsp3) is 0.857. The van der Waals surface area contributed by atoms with E-state index in [1.165, 1.54) is 6.42 Å². The number of carbonyl (C=O) groups excluding carboxylic acids is 1. The molecule has 0 unspecified atom stereocenters. The Morgan fingerprint density at radius 2 is 2.30 bits per heavy atom. The second-order valence-corrected chi connectivity index (χ2v) is 3.03. The van der Waals surface area contributed by atoms with Crippen molar-refractivity contribution < 1.29 is 9.53 Å². The molecule has 1 aliphatic carbocycles. The van der Waals surface area contributed by atoms with E-state index >= 15 is 0 Å². The van der Waals surface area contributed by atoms with Crippen LogP contribution in [0, 0.1) is 5.92 Å². The zero-order chi connectivity index (χ0) is 7.56. The lowest BCUT2D eigenvalue weighted by Gasteiger charge is -2.33. The van der Waals surface area contributed by atoms with Crippen LogP contribution in [0.25, 0.3) is 0 Å². The first kappa shape index (κ1) is 7.86. The standard InChI is InChI=1S/C7H11ClO2/c1-2-5-3-6(4-5)10-7(8)9/h5-6H,2-4H2,1H3. The number of halogens is 1. The highest BCUT2D eigenvalue weighted by Crippen LogP contribution is 2.32. The molecule has 0 saturated heterocycles. The third-order valence-corrected chi connectivity index (χ3v) is 2.12. The Hall–Kier alpha value is -0.240. The third-order valence-electron chi connectivity index (χ3n) is 2.03. The molecule has 0 radical (unpaired) electrons. The average Bonchev–Trinajstić information content (AvgIpc) is 1.76. The Balaban J connectivity index is 2.08. The number of hydrogen-bond donors (Lipinski definition) is 0. The van der Waals surface area contributed by atoms with Crippen molar-refractivity contribution in [3.63, 3.8) is 0 Å². The first-order valence-corrected chi connectivity index (χ1v) is 3.96. The summed E-state index contributed by atoms with van der Waals surface area (Å²) in [5, 5.41) is 0. The molecule has 0 heterocycles. The maximum absolute atomic E-state index is 10.2. The van der Waals surface area contributed by atoms with E-state index < -0.39 is 5.43 Å². The van der Waals surface area contributed by atoms with Gasteiger partial charge in [0.15, 0.2) is 0 Å². The van der Waals surface area contributed by atoms with Gasteiger partial charge in [-0.1, -0.05) is 13.3 Å². The molecule has 0 aliphatic heterocycles. The molecule has 1 saturated carbocycles. The van der Waals surface area contributed by atoms with Crippen molar-refractivity contribution >= 4 is 17.0 Å². The van der Waals surface area contributed by atoms with Crippen LogP contribution in [0.4, 0.5) is 4.79 Å². The normalized spacial score (nSPS) is 31.0. The van der Waals surface area contributed by atoms with Gasteiger partial charge in [-0.25, -0.2) is 4.79 Å². The number of hydrogen-bond acceptors (Lipinski definition) is 2. The van der Waals surface area contributed by atoms with Gasteiger partial charge in [-0.3, -0.25) is 0 Å². The van der Waals surface area contributed by atoms with E-state index in [4.69, 9.17) is 16.3 Å². The zero-order valence-corrected chi connectivity index (χ0v) is 6.73. The van der Waals surface area contributed by atoms with Crippen LogP contribution in [0.2, 0.25) is 0 Å². The van der Waals surface area contributed by atoms with Crippen LogP contribution in [-0.2, 0) is 4.74 Å². The molecule has 0 spiro atoms. The van der Waals surface area contributed by atoms with Crippen LogP contribution in [0.5, 0.6) is 0 Å². The molecular weight excluding hydrogens is 152 g/mol. The largest absolute Gasteiger partial charge is 0.450 e. The smallest absolute Gasteiger partial charge is 0.404 e. The van der Waals surface area contributed by atoms with Crippen molar-refractivity contribution in [1.29, 1.82) is 0 Å². The monoisotopic (exact) mass is 162 g/mol.